The van der Waals surface area contributed by atoms with E-state index in [1.807, 2.05) is 19.1 Å². The average Bonchev–Trinajstić information content (AvgIpc) is 2.65. The van der Waals surface area contributed by atoms with Crippen LogP contribution in [-0.2, 0) is 9.59 Å². The topological polar surface area (TPSA) is 85.9 Å². The molecule has 0 unspecified atom stereocenters. The number of ether oxygens (including phenoxy) is 3. The van der Waals surface area contributed by atoms with E-state index >= 15 is 0 Å². The van der Waals surface area contributed by atoms with Crippen molar-refractivity contribution in [2.45, 2.75) is 6.92 Å². The van der Waals surface area contributed by atoms with Crippen LogP contribution in [0.15, 0.2) is 42.5 Å². The van der Waals surface area contributed by atoms with E-state index in [0.29, 0.717) is 22.9 Å². The lowest BCUT2D eigenvalue weighted by Crippen LogP contribution is -2.35. The van der Waals surface area contributed by atoms with E-state index in [-0.39, 0.29) is 19.1 Å². The highest BCUT2D eigenvalue weighted by atomic mass is 16.5. The van der Waals surface area contributed by atoms with E-state index < -0.39 is 5.91 Å². The lowest BCUT2D eigenvalue weighted by molar-refractivity contribution is -0.125. The molecule has 0 saturated heterocycles. The SMILES string of the molecule is COc1ccc(OC)c(NC(=O)CNC(=O)COc2ccc(C)cc2)c1. The number of carbonyl (C=O) groups excluding carboxylic acids is 2. The highest BCUT2D eigenvalue weighted by Crippen LogP contribution is 2.28. The summed E-state index contributed by atoms with van der Waals surface area (Å²) in [4.78, 5) is 23.8. The monoisotopic (exact) mass is 358 g/mol. The van der Waals surface area contributed by atoms with Crippen molar-refractivity contribution in [2.24, 2.45) is 0 Å². The first-order valence-corrected chi connectivity index (χ1v) is 8.00. The molecule has 0 fully saturated rings. The summed E-state index contributed by atoms with van der Waals surface area (Å²) in [6, 6.07) is 12.4. The number of anilines is 1. The van der Waals surface area contributed by atoms with Crippen molar-refractivity contribution in [3.05, 3.63) is 48.0 Å². The van der Waals surface area contributed by atoms with Crippen LogP contribution in [0.4, 0.5) is 5.69 Å². The highest BCUT2D eigenvalue weighted by molar-refractivity contribution is 5.96. The summed E-state index contributed by atoms with van der Waals surface area (Å²) in [5.41, 5.74) is 1.56. The number of rotatable bonds is 8. The van der Waals surface area contributed by atoms with Crippen LogP contribution >= 0.6 is 0 Å². The van der Waals surface area contributed by atoms with Gasteiger partial charge in [0.15, 0.2) is 6.61 Å². The summed E-state index contributed by atoms with van der Waals surface area (Å²) < 4.78 is 15.7. The van der Waals surface area contributed by atoms with Crippen molar-refractivity contribution in [3.8, 4) is 17.2 Å². The minimum Gasteiger partial charge on any atom is -0.497 e. The first-order valence-electron chi connectivity index (χ1n) is 8.00. The maximum absolute atomic E-state index is 12.0. The standard InChI is InChI=1S/C19H22N2O5/c1-13-4-6-14(7-5-13)26-12-19(23)20-11-18(22)21-16-10-15(24-2)8-9-17(16)25-3/h4-10H,11-12H2,1-3H3,(H,20,23)(H,21,22). The molecule has 2 aromatic carbocycles. The van der Waals surface area contributed by atoms with Crippen molar-refractivity contribution in [3.63, 3.8) is 0 Å². The van der Waals surface area contributed by atoms with Gasteiger partial charge in [-0.15, -0.1) is 0 Å². The van der Waals surface area contributed by atoms with Crippen LogP contribution in [0, 0.1) is 6.92 Å². The van der Waals surface area contributed by atoms with Gasteiger partial charge in [0, 0.05) is 6.07 Å². The summed E-state index contributed by atoms with van der Waals surface area (Å²) in [5, 5.41) is 5.17. The second-order valence-electron chi connectivity index (χ2n) is 5.49. The number of hydrogen-bond acceptors (Lipinski definition) is 5. The lowest BCUT2D eigenvalue weighted by atomic mass is 10.2. The van der Waals surface area contributed by atoms with Crippen molar-refractivity contribution >= 4 is 17.5 Å². The Hall–Kier alpha value is -3.22. The summed E-state index contributed by atoms with van der Waals surface area (Å²) in [6.07, 6.45) is 0. The molecule has 0 aromatic heterocycles. The molecule has 0 heterocycles. The predicted molar refractivity (Wildman–Crippen MR) is 97.9 cm³/mol. The van der Waals surface area contributed by atoms with Crippen LogP contribution in [0.1, 0.15) is 5.56 Å². The van der Waals surface area contributed by atoms with E-state index in [2.05, 4.69) is 10.6 Å². The Balaban J connectivity index is 1.81. The lowest BCUT2D eigenvalue weighted by Gasteiger charge is -2.12. The average molecular weight is 358 g/mol. The molecule has 0 saturated carbocycles. The van der Waals surface area contributed by atoms with Gasteiger partial charge in [-0.05, 0) is 31.2 Å². The molecule has 0 radical (unpaired) electrons. The van der Waals surface area contributed by atoms with E-state index in [4.69, 9.17) is 14.2 Å². The molecule has 0 spiro atoms. The molecule has 2 rings (SSSR count). The third kappa shape index (κ3) is 5.70. The van der Waals surface area contributed by atoms with Crippen LogP contribution in [0.25, 0.3) is 0 Å². The normalized spacial score (nSPS) is 9.96. The maximum atomic E-state index is 12.0. The van der Waals surface area contributed by atoms with E-state index in [9.17, 15) is 9.59 Å². The Morgan fingerprint density at radius 2 is 1.62 bits per heavy atom. The van der Waals surface area contributed by atoms with Gasteiger partial charge in [0.25, 0.3) is 5.91 Å². The van der Waals surface area contributed by atoms with Crippen LogP contribution in [-0.4, -0.2) is 39.2 Å². The summed E-state index contributed by atoms with van der Waals surface area (Å²) in [5.74, 6) is 0.889. The van der Waals surface area contributed by atoms with Gasteiger partial charge in [0.1, 0.15) is 17.2 Å². The van der Waals surface area contributed by atoms with Crippen molar-refractivity contribution in [2.75, 3.05) is 32.7 Å². The fourth-order valence-electron chi connectivity index (χ4n) is 2.12. The molecule has 7 nitrogen and oxygen atoms in total. The van der Waals surface area contributed by atoms with Crippen LogP contribution in [0.5, 0.6) is 17.2 Å². The molecule has 0 bridgehead atoms. The fourth-order valence-corrected chi connectivity index (χ4v) is 2.12. The Morgan fingerprint density at radius 1 is 0.923 bits per heavy atom. The molecule has 0 aliphatic heterocycles. The number of nitrogens with one attached hydrogen (secondary N) is 2. The third-order valence-electron chi connectivity index (χ3n) is 3.52. The molecule has 0 aliphatic carbocycles. The minimum absolute atomic E-state index is 0.168. The van der Waals surface area contributed by atoms with Gasteiger partial charge < -0.3 is 24.8 Å². The summed E-state index contributed by atoms with van der Waals surface area (Å²) >= 11 is 0. The Labute approximate surface area is 152 Å². The zero-order valence-electron chi connectivity index (χ0n) is 15.0. The molecule has 7 heteroatoms. The van der Waals surface area contributed by atoms with Gasteiger partial charge in [0.2, 0.25) is 5.91 Å². The first-order chi connectivity index (χ1) is 12.5. The summed E-state index contributed by atoms with van der Waals surface area (Å²) in [6.45, 7) is 1.61. The summed E-state index contributed by atoms with van der Waals surface area (Å²) in [7, 11) is 3.03. The molecular weight excluding hydrogens is 336 g/mol. The molecule has 138 valence electrons. The smallest absolute Gasteiger partial charge is 0.258 e. The molecule has 2 amide bonds. The van der Waals surface area contributed by atoms with Gasteiger partial charge >= 0.3 is 0 Å². The molecular formula is C19H22N2O5. The number of carbonyl (C=O) groups is 2. The zero-order chi connectivity index (χ0) is 18.9. The highest BCUT2D eigenvalue weighted by Gasteiger charge is 2.11. The largest absolute Gasteiger partial charge is 0.497 e. The van der Waals surface area contributed by atoms with Crippen molar-refractivity contribution in [1.82, 2.24) is 5.32 Å². The Bertz CT molecular complexity index is 759. The quantitative estimate of drug-likeness (QED) is 0.755. The Morgan fingerprint density at radius 3 is 2.27 bits per heavy atom. The predicted octanol–water partition coefficient (Wildman–Crippen LogP) is 2.15. The van der Waals surface area contributed by atoms with Gasteiger partial charge in [-0.25, -0.2) is 0 Å². The van der Waals surface area contributed by atoms with Gasteiger partial charge in [-0.3, -0.25) is 9.59 Å². The molecule has 2 aromatic rings. The number of aryl methyl sites for hydroxylation is 1. The Kier molecular flexibility index (Phi) is 6.84. The second kappa shape index (κ2) is 9.31. The number of methoxy groups -OCH3 is 2. The van der Waals surface area contributed by atoms with E-state index in [0.717, 1.165) is 5.56 Å². The number of benzene rings is 2. The number of amides is 2. The van der Waals surface area contributed by atoms with E-state index in [1.54, 1.807) is 30.3 Å². The minimum atomic E-state index is -0.390. The van der Waals surface area contributed by atoms with Gasteiger partial charge in [-0.2, -0.15) is 0 Å². The molecule has 0 aliphatic rings. The first kappa shape index (κ1) is 19.1. The number of hydrogen-bond donors (Lipinski definition) is 2. The second-order valence-corrected chi connectivity index (χ2v) is 5.49. The zero-order valence-corrected chi connectivity index (χ0v) is 15.0. The van der Waals surface area contributed by atoms with Crippen LogP contribution in [0.3, 0.4) is 0 Å². The van der Waals surface area contributed by atoms with Crippen LogP contribution in [0.2, 0.25) is 0 Å². The van der Waals surface area contributed by atoms with Gasteiger partial charge in [0.05, 0.1) is 26.5 Å². The fraction of sp³-hybridized carbons (Fsp3) is 0.263. The van der Waals surface area contributed by atoms with Crippen molar-refractivity contribution < 1.29 is 23.8 Å². The molecule has 26 heavy (non-hydrogen) atoms. The molecule has 0 atom stereocenters. The maximum Gasteiger partial charge on any atom is 0.258 e. The van der Waals surface area contributed by atoms with E-state index in [1.165, 1.54) is 14.2 Å². The van der Waals surface area contributed by atoms with Crippen LogP contribution < -0.4 is 24.8 Å². The van der Waals surface area contributed by atoms with Crippen molar-refractivity contribution in [1.29, 1.82) is 0 Å². The molecule has 2 N–H and O–H groups in total. The third-order valence-corrected chi connectivity index (χ3v) is 3.52. The van der Waals surface area contributed by atoms with Gasteiger partial charge in [-0.1, -0.05) is 17.7 Å².